The smallest absolute Gasteiger partial charge is 0.230 e. The van der Waals surface area contributed by atoms with E-state index in [4.69, 9.17) is 16.3 Å². The Morgan fingerprint density at radius 1 is 1.14 bits per heavy atom. The summed E-state index contributed by atoms with van der Waals surface area (Å²) in [6, 6.07) is 17.3. The van der Waals surface area contributed by atoms with Crippen molar-refractivity contribution in [3.8, 4) is 5.75 Å². The van der Waals surface area contributed by atoms with Crippen LogP contribution in [0, 0.1) is 0 Å². The molecule has 2 N–H and O–H groups in total. The highest BCUT2D eigenvalue weighted by atomic mass is 35.5. The van der Waals surface area contributed by atoms with Gasteiger partial charge in [-0.2, -0.15) is 0 Å². The highest BCUT2D eigenvalue weighted by Gasteiger charge is 2.08. The summed E-state index contributed by atoms with van der Waals surface area (Å²) in [5.74, 6) is 1.55. The molecule has 0 aliphatic rings. The summed E-state index contributed by atoms with van der Waals surface area (Å²) in [5.41, 5.74) is 1.28. The zero-order valence-electron chi connectivity index (χ0n) is 15.2. The number of carbonyl (C=O) groups excluding carboxylic acids is 1. The Balaban J connectivity index is 1.32. The summed E-state index contributed by atoms with van der Waals surface area (Å²) >= 11 is 7.13. The number of aryl methyl sites for hydroxylation is 1. The van der Waals surface area contributed by atoms with Crippen molar-refractivity contribution in [3.05, 3.63) is 71.0 Å². The fraction of sp³-hybridized carbons (Fsp3) is 0.250. The number of hydrogen-bond donors (Lipinski definition) is 2. The lowest BCUT2D eigenvalue weighted by Crippen LogP contribution is -2.26. The van der Waals surface area contributed by atoms with Crippen LogP contribution in [0.3, 0.4) is 0 Å². The van der Waals surface area contributed by atoms with Crippen LogP contribution in [-0.4, -0.2) is 33.4 Å². The molecule has 28 heavy (non-hydrogen) atoms. The fourth-order valence-corrected chi connectivity index (χ4v) is 3.21. The average Bonchev–Trinajstić information content (AvgIpc) is 3.18. The predicted molar refractivity (Wildman–Crippen MR) is 111 cm³/mol. The molecule has 1 heterocycles. The third kappa shape index (κ3) is 6.90. The van der Waals surface area contributed by atoms with E-state index in [1.807, 2.05) is 18.2 Å². The van der Waals surface area contributed by atoms with E-state index in [1.165, 1.54) is 17.3 Å². The van der Waals surface area contributed by atoms with Gasteiger partial charge in [0, 0.05) is 11.6 Å². The monoisotopic (exact) mass is 416 g/mol. The molecule has 2 aromatic carbocycles. The second-order valence-corrected chi connectivity index (χ2v) is 7.41. The Labute approximate surface area is 173 Å². The summed E-state index contributed by atoms with van der Waals surface area (Å²) in [6.07, 6.45) is 1.86. The van der Waals surface area contributed by atoms with Crippen molar-refractivity contribution in [2.45, 2.75) is 24.6 Å². The lowest BCUT2D eigenvalue weighted by Gasteiger charge is -2.04. The minimum atomic E-state index is -0.0261. The van der Waals surface area contributed by atoms with Crippen LogP contribution in [-0.2, 0) is 17.8 Å². The van der Waals surface area contributed by atoms with Gasteiger partial charge in [0.2, 0.25) is 11.1 Å². The van der Waals surface area contributed by atoms with E-state index in [9.17, 15) is 4.79 Å². The van der Waals surface area contributed by atoms with Gasteiger partial charge in [-0.05, 0) is 42.7 Å². The third-order valence-electron chi connectivity index (χ3n) is 3.84. The van der Waals surface area contributed by atoms with Crippen molar-refractivity contribution in [2.24, 2.45) is 0 Å². The molecule has 6 nitrogen and oxygen atoms in total. The number of rotatable bonds is 10. The van der Waals surface area contributed by atoms with Crippen LogP contribution in [0.15, 0.2) is 59.8 Å². The van der Waals surface area contributed by atoms with Gasteiger partial charge in [0.25, 0.3) is 0 Å². The molecule has 0 bridgehead atoms. The molecule has 3 rings (SSSR count). The highest BCUT2D eigenvalue weighted by Crippen LogP contribution is 2.17. The number of nitrogens with one attached hydrogen (secondary N) is 2. The maximum atomic E-state index is 11.9. The van der Waals surface area contributed by atoms with Gasteiger partial charge in [0.15, 0.2) is 5.82 Å². The van der Waals surface area contributed by atoms with E-state index in [2.05, 4.69) is 32.6 Å². The molecule has 0 aliphatic carbocycles. The van der Waals surface area contributed by atoms with Gasteiger partial charge in [-0.1, -0.05) is 53.7 Å². The Kier molecular flexibility index (Phi) is 7.75. The quantitative estimate of drug-likeness (QED) is 0.387. The van der Waals surface area contributed by atoms with Crippen LogP contribution >= 0.6 is 23.4 Å². The number of hydrogen-bond acceptors (Lipinski definition) is 5. The molecular weight excluding hydrogens is 396 g/mol. The largest absolute Gasteiger partial charge is 0.486 e. The van der Waals surface area contributed by atoms with Gasteiger partial charge in [-0.15, -0.1) is 5.10 Å². The molecule has 0 aliphatic heterocycles. The van der Waals surface area contributed by atoms with E-state index in [0.29, 0.717) is 28.3 Å². The van der Waals surface area contributed by atoms with Gasteiger partial charge in [0.1, 0.15) is 12.4 Å². The summed E-state index contributed by atoms with van der Waals surface area (Å²) in [6.45, 7) is 0.920. The van der Waals surface area contributed by atoms with Crippen molar-refractivity contribution in [3.63, 3.8) is 0 Å². The van der Waals surface area contributed by atoms with Gasteiger partial charge < -0.3 is 10.1 Å². The zero-order valence-corrected chi connectivity index (χ0v) is 16.8. The van der Waals surface area contributed by atoms with Gasteiger partial charge in [0.05, 0.1) is 5.75 Å². The van der Waals surface area contributed by atoms with Crippen LogP contribution in [0.4, 0.5) is 0 Å². The number of ether oxygens (including phenoxy) is 1. The Bertz CT molecular complexity index is 871. The number of aromatic amines is 1. The maximum Gasteiger partial charge on any atom is 0.230 e. The number of nitrogens with zero attached hydrogens (tertiary/aromatic N) is 2. The molecule has 0 atom stereocenters. The van der Waals surface area contributed by atoms with E-state index in [1.54, 1.807) is 24.3 Å². The molecule has 0 spiro atoms. The van der Waals surface area contributed by atoms with Crippen LogP contribution < -0.4 is 10.1 Å². The SMILES string of the molecule is O=C(CSc1n[nH]c(COc2ccc(Cl)cc2)n1)NCCCc1ccccc1. The number of halogens is 1. The van der Waals surface area contributed by atoms with Gasteiger partial charge in [-0.25, -0.2) is 4.98 Å². The first kappa shape index (κ1) is 20.2. The summed E-state index contributed by atoms with van der Waals surface area (Å²) < 4.78 is 5.61. The molecule has 1 amide bonds. The normalized spacial score (nSPS) is 10.6. The van der Waals surface area contributed by atoms with E-state index in [0.717, 1.165) is 12.8 Å². The topological polar surface area (TPSA) is 79.9 Å². The summed E-state index contributed by atoms with van der Waals surface area (Å²) in [7, 11) is 0. The first-order chi connectivity index (χ1) is 13.7. The number of thioether (sulfide) groups is 1. The summed E-state index contributed by atoms with van der Waals surface area (Å²) in [4.78, 5) is 16.3. The number of aromatic nitrogens is 3. The Morgan fingerprint density at radius 3 is 2.71 bits per heavy atom. The van der Waals surface area contributed by atoms with Crippen molar-refractivity contribution < 1.29 is 9.53 Å². The highest BCUT2D eigenvalue weighted by molar-refractivity contribution is 7.99. The molecule has 146 valence electrons. The van der Waals surface area contributed by atoms with E-state index < -0.39 is 0 Å². The van der Waals surface area contributed by atoms with Gasteiger partial charge in [-0.3, -0.25) is 9.89 Å². The molecule has 8 heteroatoms. The van der Waals surface area contributed by atoms with E-state index >= 15 is 0 Å². The average molecular weight is 417 g/mol. The minimum absolute atomic E-state index is 0.0261. The van der Waals surface area contributed by atoms with Crippen molar-refractivity contribution in [1.82, 2.24) is 20.5 Å². The lowest BCUT2D eigenvalue weighted by atomic mass is 10.1. The lowest BCUT2D eigenvalue weighted by molar-refractivity contribution is -0.118. The summed E-state index contributed by atoms with van der Waals surface area (Å²) in [5, 5.41) is 11.0. The number of carbonyl (C=O) groups is 1. The fourth-order valence-electron chi connectivity index (χ4n) is 2.44. The maximum absolute atomic E-state index is 11.9. The molecule has 0 fully saturated rings. The third-order valence-corrected chi connectivity index (χ3v) is 4.94. The minimum Gasteiger partial charge on any atom is -0.486 e. The number of amides is 1. The van der Waals surface area contributed by atoms with Crippen LogP contribution in [0.1, 0.15) is 17.8 Å². The molecular formula is C20H21ClN4O2S. The van der Waals surface area contributed by atoms with Crippen molar-refractivity contribution in [1.29, 1.82) is 0 Å². The Hall–Kier alpha value is -2.51. The number of benzene rings is 2. The van der Waals surface area contributed by atoms with Gasteiger partial charge >= 0.3 is 0 Å². The van der Waals surface area contributed by atoms with Crippen LogP contribution in [0.2, 0.25) is 5.02 Å². The van der Waals surface area contributed by atoms with E-state index in [-0.39, 0.29) is 18.3 Å². The van der Waals surface area contributed by atoms with Crippen LogP contribution in [0.5, 0.6) is 5.75 Å². The predicted octanol–water partition coefficient (Wildman–Crippen LogP) is 3.88. The second-order valence-electron chi connectivity index (χ2n) is 6.04. The molecule has 1 aromatic heterocycles. The molecule has 0 radical (unpaired) electrons. The van der Waals surface area contributed by atoms with Crippen molar-refractivity contribution in [2.75, 3.05) is 12.3 Å². The second kappa shape index (κ2) is 10.7. The standard InChI is InChI=1S/C20H21ClN4O2S/c21-16-8-10-17(11-9-16)27-13-18-23-20(25-24-18)28-14-19(26)22-12-4-7-15-5-2-1-3-6-15/h1-3,5-6,8-11H,4,7,12-14H2,(H,22,26)(H,23,24,25). The first-order valence-corrected chi connectivity index (χ1v) is 10.3. The Morgan fingerprint density at radius 2 is 1.93 bits per heavy atom. The molecule has 0 saturated carbocycles. The molecule has 3 aromatic rings. The zero-order chi connectivity index (χ0) is 19.6. The first-order valence-electron chi connectivity index (χ1n) is 8.92. The van der Waals surface area contributed by atoms with Crippen molar-refractivity contribution >= 4 is 29.3 Å². The molecule has 0 unspecified atom stereocenters. The van der Waals surface area contributed by atoms with Crippen LogP contribution in [0.25, 0.3) is 0 Å². The number of H-pyrrole nitrogens is 1. The molecule has 0 saturated heterocycles.